The van der Waals surface area contributed by atoms with Gasteiger partial charge in [-0.25, -0.2) is 0 Å². The first-order valence-corrected chi connectivity index (χ1v) is 7.76. The maximum Gasteiger partial charge on any atom is 0.0700 e. The molecule has 0 spiro atoms. The van der Waals surface area contributed by atoms with Gasteiger partial charge in [-0.15, -0.1) is 11.3 Å². The summed E-state index contributed by atoms with van der Waals surface area (Å²) < 4.78 is 5.58. The first-order chi connectivity index (χ1) is 8.84. The molecule has 4 heteroatoms. The van der Waals surface area contributed by atoms with Gasteiger partial charge in [0.2, 0.25) is 0 Å². The van der Waals surface area contributed by atoms with Crippen LogP contribution in [0.5, 0.6) is 0 Å². The molecule has 3 nitrogen and oxygen atoms in total. The number of rotatable bonds is 8. The Bertz CT molecular complexity index is 310. The highest BCUT2D eigenvalue weighted by atomic mass is 32.1. The zero-order valence-corrected chi connectivity index (χ0v) is 12.0. The fraction of sp³-hybridized carbons (Fsp3) is 0.714. The summed E-state index contributed by atoms with van der Waals surface area (Å²) in [6, 6.07) is 4.34. The van der Waals surface area contributed by atoms with Gasteiger partial charge < -0.3 is 15.0 Å². The third-order valence-corrected chi connectivity index (χ3v) is 4.32. The first kappa shape index (κ1) is 14.0. The second kappa shape index (κ2) is 7.89. The van der Waals surface area contributed by atoms with Gasteiger partial charge in [0.05, 0.1) is 6.10 Å². The molecule has 0 aromatic carbocycles. The van der Waals surface area contributed by atoms with Crippen LogP contribution in [0.15, 0.2) is 17.5 Å². The maximum atomic E-state index is 5.58. The van der Waals surface area contributed by atoms with Gasteiger partial charge in [0.1, 0.15) is 0 Å². The first-order valence-electron chi connectivity index (χ1n) is 6.88. The molecule has 1 unspecified atom stereocenters. The van der Waals surface area contributed by atoms with Crippen molar-refractivity contribution in [1.82, 2.24) is 10.2 Å². The number of hydrogen-bond donors (Lipinski definition) is 1. The Morgan fingerprint density at radius 2 is 2.44 bits per heavy atom. The highest BCUT2D eigenvalue weighted by molar-refractivity contribution is 7.09. The van der Waals surface area contributed by atoms with Crippen molar-refractivity contribution in [3.05, 3.63) is 22.4 Å². The number of ether oxygens (including phenoxy) is 1. The fourth-order valence-electron chi connectivity index (χ4n) is 2.21. The quantitative estimate of drug-likeness (QED) is 0.730. The predicted molar refractivity (Wildman–Crippen MR) is 77.4 cm³/mol. The van der Waals surface area contributed by atoms with Crippen molar-refractivity contribution in [3.8, 4) is 0 Å². The second-order valence-electron chi connectivity index (χ2n) is 4.97. The fourth-order valence-corrected chi connectivity index (χ4v) is 2.90. The van der Waals surface area contributed by atoms with Crippen LogP contribution in [0.4, 0.5) is 0 Å². The smallest absolute Gasteiger partial charge is 0.0700 e. The van der Waals surface area contributed by atoms with E-state index in [4.69, 9.17) is 4.74 Å². The van der Waals surface area contributed by atoms with Gasteiger partial charge >= 0.3 is 0 Å². The molecule has 1 aliphatic heterocycles. The molecule has 1 atom stereocenters. The summed E-state index contributed by atoms with van der Waals surface area (Å²) in [5.41, 5.74) is 0. The number of nitrogens with one attached hydrogen (secondary N) is 1. The average Bonchev–Trinajstić information content (AvgIpc) is 3.04. The second-order valence-corrected chi connectivity index (χ2v) is 6.00. The van der Waals surface area contributed by atoms with Gasteiger partial charge in [0.25, 0.3) is 0 Å². The summed E-state index contributed by atoms with van der Waals surface area (Å²) in [7, 11) is 2.20. The summed E-state index contributed by atoms with van der Waals surface area (Å²) in [6.07, 6.45) is 4.08. The van der Waals surface area contributed by atoms with Crippen molar-refractivity contribution in [2.24, 2.45) is 0 Å². The van der Waals surface area contributed by atoms with Gasteiger partial charge in [-0.05, 0) is 37.8 Å². The van der Waals surface area contributed by atoms with Gasteiger partial charge in [-0.3, -0.25) is 0 Å². The molecule has 102 valence electrons. The standard InChI is InChI=1S/C14H24N2OS/c1-16(8-6-14-5-3-11-18-14)9-7-15-12-13-4-2-10-17-13/h3,5,11,13,15H,2,4,6-10,12H2,1H3. The van der Waals surface area contributed by atoms with Gasteiger partial charge in [-0.1, -0.05) is 6.07 Å². The van der Waals surface area contributed by atoms with Crippen LogP contribution in [0.1, 0.15) is 17.7 Å². The lowest BCUT2D eigenvalue weighted by atomic mass is 10.2. The molecule has 1 aromatic heterocycles. The monoisotopic (exact) mass is 268 g/mol. The molecule has 0 bridgehead atoms. The minimum Gasteiger partial charge on any atom is -0.377 e. The van der Waals surface area contributed by atoms with Crippen LogP contribution in [0, 0.1) is 0 Å². The van der Waals surface area contributed by atoms with Crippen LogP contribution in [0.25, 0.3) is 0 Å². The van der Waals surface area contributed by atoms with Crippen molar-refractivity contribution in [2.75, 3.05) is 39.8 Å². The topological polar surface area (TPSA) is 24.5 Å². The van der Waals surface area contributed by atoms with Crippen LogP contribution in [0.2, 0.25) is 0 Å². The normalized spacial score (nSPS) is 19.8. The number of thiophene rings is 1. The molecule has 0 radical (unpaired) electrons. The Morgan fingerprint density at radius 3 is 3.17 bits per heavy atom. The van der Waals surface area contributed by atoms with Crippen LogP contribution in [0.3, 0.4) is 0 Å². The largest absolute Gasteiger partial charge is 0.377 e. The average molecular weight is 268 g/mol. The molecule has 1 N–H and O–H groups in total. The molecule has 2 heterocycles. The van der Waals surface area contributed by atoms with Crippen molar-refractivity contribution in [2.45, 2.75) is 25.4 Å². The Kier molecular flexibility index (Phi) is 6.14. The molecular formula is C14H24N2OS. The van der Waals surface area contributed by atoms with Crippen LogP contribution in [-0.4, -0.2) is 50.8 Å². The Balaban J connectivity index is 1.48. The highest BCUT2D eigenvalue weighted by Crippen LogP contribution is 2.10. The Hall–Kier alpha value is -0.420. The van der Waals surface area contributed by atoms with E-state index in [1.807, 2.05) is 11.3 Å². The maximum absolute atomic E-state index is 5.58. The number of nitrogens with zero attached hydrogens (tertiary/aromatic N) is 1. The lowest BCUT2D eigenvalue weighted by molar-refractivity contribution is 0.109. The molecule has 0 aliphatic carbocycles. The van der Waals surface area contributed by atoms with E-state index < -0.39 is 0 Å². The molecule has 1 aromatic rings. The predicted octanol–water partition coefficient (Wildman–Crippen LogP) is 1.99. The van der Waals surface area contributed by atoms with Crippen molar-refractivity contribution >= 4 is 11.3 Å². The van der Waals surface area contributed by atoms with Crippen LogP contribution in [-0.2, 0) is 11.2 Å². The summed E-state index contributed by atoms with van der Waals surface area (Å²) in [6.45, 7) is 5.27. The van der Waals surface area contributed by atoms with E-state index in [2.05, 4.69) is 34.8 Å². The zero-order valence-electron chi connectivity index (χ0n) is 11.2. The molecule has 1 aliphatic rings. The van der Waals surface area contributed by atoms with Crippen LogP contribution < -0.4 is 5.32 Å². The molecule has 0 saturated carbocycles. The number of hydrogen-bond acceptors (Lipinski definition) is 4. The van der Waals surface area contributed by atoms with E-state index in [0.717, 1.165) is 32.8 Å². The lowest BCUT2D eigenvalue weighted by Gasteiger charge is -2.17. The zero-order chi connectivity index (χ0) is 12.6. The molecule has 1 saturated heterocycles. The van der Waals surface area contributed by atoms with Crippen molar-refractivity contribution in [3.63, 3.8) is 0 Å². The molecule has 2 rings (SSSR count). The third kappa shape index (κ3) is 5.06. The minimum atomic E-state index is 0.460. The van der Waals surface area contributed by atoms with Crippen molar-refractivity contribution < 1.29 is 4.74 Å². The Morgan fingerprint density at radius 1 is 1.50 bits per heavy atom. The van der Waals surface area contributed by atoms with E-state index in [0.29, 0.717) is 6.10 Å². The lowest BCUT2D eigenvalue weighted by Crippen LogP contribution is -2.34. The third-order valence-electron chi connectivity index (χ3n) is 3.39. The van der Waals surface area contributed by atoms with Crippen LogP contribution >= 0.6 is 11.3 Å². The minimum absolute atomic E-state index is 0.460. The summed E-state index contributed by atoms with van der Waals surface area (Å²) in [5, 5.41) is 5.64. The molecular weight excluding hydrogens is 244 g/mol. The van der Waals surface area contributed by atoms with Gasteiger partial charge in [-0.2, -0.15) is 0 Å². The van der Waals surface area contributed by atoms with E-state index in [9.17, 15) is 0 Å². The number of likely N-dealkylation sites (N-methyl/N-ethyl adjacent to an activating group) is 1. The van der Waals surface area contributed by atoms with E-state index in [1.165, 1.54) is 24.1 Å². The van der Waals surface area contributed by atoms with E-state index in [-0.39, 0.29) is 0 Å². The summed E-state index contributed by atoms with van der Waals surface area (Å²) >= 11 is 1.85. The van der Waals surface area contributed by atoms with E-state index in [1.54, 1.807) is 0 Å². The van der Waals surface area contributed by atoms with Gasteiger partial charge in [0, 0.05) is 37.7 Å². The SMILES string of the molecule is CN(CCNCC1CCCO1)CCc1cccs1. The molecule has 1 fully saturated rings. The highest BCUT2D eigenvalue weighted by Gasteiger charge is 2.14. The van der Waals surface area contributed by atoms with E-state index >= 15 is 0 Å². The van der Waals surface area contributed by atoms with Gasteiger partial charge in [0.15, 0.2) is 0 Å². The summed E-state index contributed by atoms with van der Waals surface area (Å²) in [5.74, 6) is 0. The summed E-state index contributed by atoms with van der Waals surface area (Å²) in [4.78, 5) is 3.87. The molecule has 0 amide bonds. The molecule has 18 heavy (non-hydrogen) atoms. The Labute approximate surface area is 114 Å². The van der Waals surface area contributed by atoms with Crippen molar-refractivity contribution in [1.29, 1.82) is 0 Å².